The Morgan fingerprint density at radius 1 is 0.836 bits per heavy atom. The molecule has 55 heavy (non-hydrogen) atoms. The number of amides is 2. The zero-order chi connectivity index (χ0) is 38.4. The molecule has 2 fully saturated rings. The van der Waals surface area contributed by atoms with Crippen LogP contribution in [0.25, 0.3) is 11.1 Å². The molecular weight excluding hydrogens is 693 g/mol. The van der Waals surface area contributed by atoms with Gasteiger partial charge in [-0.05, 0) is 84.3 Å². The summed E-state index contributed by atoms with van der Waals surface area (Å²) in [6.07, 6.45) is 6.50. The second kappa shape index (κ2) is 20.4. The van der Waals surface area contributed by atoms with Crippen LogP contribution in [0, 0.1) is 0 Å². The summed E-state index contributed by atoms with van der Waals surface area (Å²) >= 11 is 0. The minimum atomic E-state index is -0.544. The first-order valence-electron chi connectivity index (χ1n) is 19.7. The lowest BCUT2D eigenvalue weighted by Crippen LogP contribution is -2.42. The number of nitrogens with two attached hydrogens (primary N) is 1. The standard InChI is InChI=1S/C45H56N4O6/c1-53-31-38-15-10-24-49(38)29-39-27-42(34-22-20-32(30-50)21-23-34)55-45(54-39)37-14-9-13-36(26-37)35-12-8-11-33(25-35)28-47-43(51)18-4-2-3-5-19-44(52)48-41-17-7-6-16-40(41)46/h6-9,11-14,16-17,20-23,25-26,38-39,42,45,50H,2-5,10,15,18-19,24,27-31,46H2,1H3,(H,47,51)(H,48,52)/t38-,39+,42-,45-/m0/s1. The third-order valence-electron chi connectivity index (χ3n) is 10.6. The number of hydrogen-bond acceptors (Lipinski definition) is 8. The minimum absolute atomic E-state index is 0.00727. The van der Waals surface area contributed by atoms with Crippen molar-refractivity contribution in [2.24, 2.45) is 0 Å². The molecule has 4 aromatic rings. The molecular formula is C45H56N4O6. The monoisotopic (exact) mass is 748 g/mol. The highest BCUT2D eigenvalue weighted by Crippen LogP contribution is 2.39. The Labute approximate surface area is 325 Å². The number of rotatable bonds is 18. The number of carbonyl (C=O) groups excluding carboxylic acids is 2. The van der Waals surface area contributed by atoms with Crippen LogP contribution in [-0.2, 0) is 37.0 Å². The lowest BCUT2D eigenvalue weighted by molar-refractivity contribution is -0.253. The van der Waals surface area contributed by atoms with E-state index in [0.29, 0.717) is 36.8 Å². The van der Waals surface area contributed by atoms with Crippen molar-refractivity contribution >= 4 is 23.2 Å². The van der Waals surface area contributed by atoms with Gasteiger partial charge in [-0.15, -0.1) is 0 Å². The number of likely N-dealkylation sites (tertiary alicyclic amines) is 1. The normalized spacial score (nSPS) is 20.0. The maximum atomic E-state index is 12.7. The fourth-order valence-electron chi connectivity index (χ4n) is 7.57. The first kappa shape index (κ1) is 40.1. The van der Waals surface area contributed by atoms with Crippen LogP contribution in [0.5, 0.6) is 0 Å². The molecule has 2 aliphatic heterocycles. The molecule has 292 valence electrons. The maximum Gasteiger partial charge on any atom is 0.224 e. The quantitative estimate of drug-likeness (QED) is 0.0602. The van der Waals surface area contributed by atoms with E-state index >= 15 is 0 Å². The van der Waals surface area contributed by atoms with Crippen molar-refractivity contribution in [2.75, 3.05) is 37.9 Å². The number of hydrogen-bond donors (Lipinski definition) is 4. The topological polar surface area (TPSA) is 135 Å². The zero-order valence-electron chi connectivity index (χ0n) is 32.0. The molecule has 0 aromatic heterocycles. The Kier molecular flexibility index (Phi) is 14.8. The van der Waals surface area contributed by atoms with Gasteiger partial charge < -0.3 is 35.7 Å². The van der Waals surface area contributed by atoms with Crippen molar-refractivity contribution in [1.82, 2.24) is 10.2 Å². The van der Waals surface area contributed by atoms with Gasteiger partial charge in [0.1, 0.15) is 0 Å². The molecule has 4 atom stereocenters. The second-order valence-corrected chi connectivity index (χ2v) is 14.7. The summed E-state index contributed by atoms with van der Waals surface area (Å²) in [5.74, 6) is -0.0254. The molecule has 2 aliphatic rings. The number of methoxy groups -OCH3 is 1. The summed E-state index contributed by atoms with van der Waals surface area (Å²) in [7, 11) is 1.77. The number of carbonyl (C=O) groups is 2. The van der Waals surface area contributed by atoms with Gasteiger partial charge in [-0.2, -0.15) is 0 Å². The summed E-state index contributed by atoms with van der Waals surface area (Å²) in [5, 5.41) is 15.5. The van der Waals surface area contributed by atoms with E-state index in [-0.39, 0.29) is 30.6 Å². The van der Waals surface area contributed by atoms with E-state index in [2.05, 4.69) is 45.9 Å². The number of benzene rings is 4. The number of anilines is 2. The van der Waals surface area contributed by atoms with Crippen LogP contribution in [0.3, 0.4) is 0 Å². The van der Waals surface area contributed by atoms with Crippen LogP contribution in [0.4, 0.5) is 11.4 Å². The molecule has 10 heteroatoms. The van der Waals surface area contributed by atoms with Gasteiger partial charge in [0.05, 0.1) is 36.8 Å². The highest BCUT2D eigenvalue weighted by Gasteiger charge is 2.35. The van der Waals surface area contributed by atoms with E-state index in [4.69, 9.17) is 19.9 Å². The van der Waals surface area contributed by atoms with Gasteiger partial charge in [-0.1, -0.05) is 85.6 Å². The number of aliphatic hydroxyl groups is 1. The summed E-state index contributed by atoms with van der Waals surface area (Å²) < 4.78 is 18.9. The molecule has 4 aromatic carbocycles. The SMILES string of the molecule is COC[C@@H]1CCCN1C[C@H]1C[C@@H](c2ccc(CO)cc2)O[C@@H](c2cccc(-c3cccc(CNC(=O)CCCCCCC(=O)Nc4ccccc4N)c3)c2)O1. The van der Waals surface area contributed by atoms with Crippen LogP contribution < -0.4 is 16.4 Å². The molecule has 2 amide bonds. The van der Waals surface area contributed by atoms with Gasteiger partial charge >= 0.3 is 0 Å². The van der Waals surface area contributed by atoms with E-state index in [1.165, 1.54) is 0 Å². The lowest BCUT2D eigenvalue weighted by atomic mass is 9.98. The molecule has 10 nitrogen and oxygen atoms in total. The van der Waals surface area contributed by atoms with Gasteiger partial charge in [0, 0.05) is 51.1 Å². The van der Waals surface area contributed by atoms with E-state index in [9.17, 15) is 14.7 Å². The zero-order valence-corrected chi connectivity index (χ0v) is 32.0. The molecule has 6 rings (SSSR count). The number of para-hydroxylation sites is 2. The Bertz CT molecular complexity index is 1830. The first-order chi connectivity index (χ1) is 26.9. The van der Waals surface area contributed by atoms with Crippen LogP contribution in [0.2, 0.25) is 0 Å². The number of nitrogen functional groups attached to an aromatic ring is 1. The van der Waals surface area contributed by atoms with Gasteiger partial charge in [-0.25, -0.2) is 0 Å². The van der Waals surface area contributed by atoms with Crippen molar-refractivity contribution < 1.29 is 28.9 Å². The molecule has 0 unspecified atom stereocenters. The lowest BCUT2D eigenvalue weighted by Gasteiger charge is -2.39. The Hall–Kier alpha value is -4.58. The van der Waals surface area contributed by atoms with Gasteiger partial charge in [0.25, 0.3) is 0 Å². The summed E-state index contributed by atoms with van der Waals surface area (Å²) in [6, 6.07) is 32.2. The van der Waals surface area contributed by atoms with E-state index in [0.717, 1.165) is 98.0 Å². The number of ether oxygens (including phenoxy) is 3. The van der Waals surface area contributed by atoms with Crippen molar-refractivity contribution in [3.63, 3.8) is 0 Å². The Morgan fingerprint density at radius 3 is 2.35 bits per heavy atom. The highest BCUT2D eigenvalue weighted by molar-refractivity contribution is 5.93. The smallest absolute Gasteiger partial charge is 0.224 e. The average Bonchev–Trinajstić information content (AvgIpc) is 3.65. The third kappa shape index (κ3) is 11.7. The molecule has 2 heterocycles. The number of aliphatic hydroxyl groups excluding tert-OH is 1. The number of nitrogens with zero attached hydrogens (tertiary/aromatic N) is 1. The number of nitrogens with one attached hydrogen (secondary N) is 2. The van der Waals surface area contributed by atoms with Crippen molar-refractivity contribution in [2.45, 2.75) is 95.5 Å². The predicted molar refractivity (Wildman–Crippen MR) is 216 cm³/mol. The van der Waals surface area contributed by atoms with Crippen molar-refractivity contribution in [3.05, 3.63) is 119 Å². The number of unbranched alkanes of at least 4 members (excludes halogenated alkanes) is 3. The van der Waals surface area contributed by atoms with Gasteiger partial charge in [-0.3, -0.25) is 14.5 Å². The predicted octanol–water partition coefficient (Wildman–Crippen LogP) is 7.68. The fourth-order valence-corrected chi connectivity index (χ4v) is 7.57. The van der Waals surface area contributed by atoms with Crippen LogP contribution in [0.1, 0.15) is 92.4 Å². The van der Waals surface area contributed by atoms with E-state index in [1.54, 1.807) is 19.2 Å². The molecule has 5 N–H and O–H groups in total. The van der Waals surface area contributed by atoms with E-state index in [1.807, 2.05) is 54.6 Å². The summed E-state index contributed by atoms with van der Waals surface area (Å²) in [6.45, 7) is 3.03. The van der Waals surface area contributed by atoms with Crippen LogP contribution in [0.15, 0.2) is 97.1 Å². The third-order valence-corrected chi connectivity index (χ3v) is 10.6. The van der Waals surface area contributed by atoms with Crippen LogP contribution >= 0.6 is 0 Å². The largest absolute Gasteiger partial charge is 0.397 e. The minimum Gasteiger partial charge on any atom is -0.397 e. The maximum absolute atomic E-state index is 12.7. The van der Waals surface area contributed by atoms with Crippen molar-refractivity contribution in [1.29, 1.82) is 0 Å². The van der Waals surface area contributed by atoms with Gasteiger partial charge in [0.2, 0.25) is 11.8 Å². The molecule has 0 aliphatic carbocycles. The van der Waals surface area contributed by atoms with E-state index < -0.39 is 6.29 Å². The first-order valence-corrected chi connectivity index (χ1v) is 19.7. The molecule has 0 saturated carbocycles. The molecule has 2 saturated heterocycles. The Morgan fingerprint density at radius 2 is 1.58 bits per heavy atom. The molecule has 0 spiro atoms. The van der Waals surface area contributed by atoms with Crippen molar-refractivity contribution in [3.8, 4) is 11.1 Å². The Balaban J connectivity index is 1.01. The summed E-state index contributed by atoms with van der Waals surface area (Å²) in [5.41, 5.74) is 13.1. The van der Waals surface area contributed by atoms with Crippen LogP contribution in [-0.4, -0.2) is 60.8 Å². The fraction of sp³-hybridized carbons (Fsp3) is 0.422. The van der Waals surface area contributed by atoms with Gasteiger partial charge in [0.15, 0.2) is 6.29 Å². The second-order valence-electron chi connectivity index (χ2n) is 14.7. The highest BCUT2D eigenvalue weighted by atomic mass is 16.7. The molecule has 0 bridgehead atoms. The molecule has 0 radical (unpaired) electrons. The summed E-state index contributed by atoms with van der Waals surface area (Å²) in [4.78, 5) is 27.4. The average molecular weight is 749 g/mol.